The summed E-state index contributed by atoms with van der Waals surface area (Å²) in [6.07, 6.45) is 0. The second kappa shape index (κ2) is 4.52. The molecule has 0 saturated carbocycles. The molecule has 0 radical (unpaired) electrons. The highest BCUT2D eigenvalue weighted by Gasteiger charge is 2.14. The Morgan fingerprint density at radius 1 is 1.33 bits per heavy atom. The molecule has 2 aromatic rings. The third kappa shape index (κ3) is 2.20. The van der Waals surface area contributed by atoms with E-state index in [0.29, 0.717) is 11.4 Å². The molecule has 94 valence electrons. The minimum Gasteiger partial charge on any atom is -0.398 e. The van der Waals surface area contributed by atoms with E-state index in [1.165, 1.54) is 0 Å². The predicted octanol–water partition coefficient (Wildman–Crippen LogP) is 2.43. The molecule has 0 unspecified atom stereocenters. The number of aryl methyl sites for hydroxylation is 2. The number of amides is 1. The SMILES string of the molecule is Cc1cc(C(=O)Nc2c(C)ccc(N)c2C)no1. The van der Waals surface area contributed by atoms with Gasteiger partial charge in [0.05, 0.1) is 0 Å². The van der Waals surface area contributed by atoms with Gasteiger partial charge in [-0.2, -0.15) is 0 Å². The van der Waals surface area contributed by atoms with Crippen LogP contribution in [0.2, 0.25) is 0 Å². The highest BCUT2D eigenvalue weighted by Crippen LogP contribution is 2.25. The summed E-state index contributed by atoms with van der Waals surface area (Å²) >= 11 is 0. The molecule has 0 aliphatic rings. The van der Waals surface area contributed by atoms with Crippen molar-refractivity contribution in [1.29, 1.82) is 0 Å². The van der Waals surface area contributed by atoms with Gasteiger partial charge in [-0.05, 0) is 38.0 Å². The van der Waals surface area contributed by atoms with Crippen LogP contribution in [0, 0.1) is 20.8 Å². The molecule has 1 heterocycles. The van der Waals surface area contributed by atoms with Crippen molar-refractivity contribution < 1.29 is 9.32 Å². The maximum absolute atomic E-state index is 12.0. The second-order valence-corrected chi connectivity index (χ2v) is 4.25. The first-order chi connectivity index (χ1) is 8.49. The second-order valence-electron chi connectivity index (χ2n) is 4.25. The number of hydrogen-bond acceptors (Lipinski definition) is 4. The number of carbonyl (C=O) groups excluding carboxylic acids is 1. The first-order valence-corrected chi connectivity index (χ1v) is 5.59. The fraction of sp³-hybridized carbons (Fsp3) is 0.231. The van der Waals surface area contributed by atoms with Gasteiger partial charge < -0.3 is 15.6 Å². The van der Waals surface area contributed by atoms with Crippen molar-refractivity contribution in [3.05, 3.63) is 40.8 Å². The molecular formula is C13H15N3O2. The number of anilines is 2. The topological polar surface area (TPSA) is 81.2 Å². The Morgan fingerprint density at radius 2 is 2.06 bits per heavy atom. The van der Waals surface area contributed by atoms with Gasteiger partial charge in [0.25, 0.3) is 5.91 Å². The van der Waals surface area contributed by atoms with Crippen LogP contribution in [0.5, 0.6) is 0 Å². The molecule has 3 N–H and O–H groups in total. The summed E-state index contributed by atoms with van der Waals surface area (Å²) in [4.78, 5) is 12.0. The van der Waals surface area contributed by atoms with Crippen molar-refractivity contribution in [2.24, 2.45) is 0 Å². The largest absolute Gasteiger partial charge is 0.398 e. The Bertz CT molecular complexity index is 602. The van der Waals surface area contributed by atoms with E-state index in [0.717, 1.165) is 16.8 Å². The van der Waals surface area contributed by atoms with Crippen LogP contribution in [0.1, 0.15) is 27.4 Å². The predicted molar refractivity (Wildman–Crippen MR) is 69.5 cm³/mol. The number of carbonyl (C=O) groups is 1. The van der Waals surface area contributed by atoms with E-state index in [1.807, 2.05) is 26.0 Å². The van der Waals surface area contributed by atoms with Crippen molar-refractivity contribution in [1.82, 2.24) is 5.16 Å². The summed E-state index contributed by atoms with van der Waals surface area (Å²) < 4.78 is 4.87. The number of nitrogens with one attached hydrogen (secondary N) is 1. The van der Waals surface area contributed by atoms with Crippen molar-refractivity contribution in [2.75, 3.05) is 11.1 Å². The van der Waals surface area contributed by atoms with E-state index in [1.54, 1.807) is 13.0 Å². The lowest BCUT2D eigenvalue weighted by atomic mass is 10.1. The molecule has 0 bridgehead atoms. The van der Waals surface area contributed by atoms with Gasteiger partial charge in [0.15, 0.2) is 5.69 Å². The molecule has 18 heavy (non-hydrogen) atoms. The molecular weight excluding hydrogens is 230 g/mol. The van der Waals surface area contributed by atoms with Gasteiger partial charge in [-0.1, -0.05) is 11.2 Å². The lowest BCUT2D eigenvalue weighted by Gasteiger charge is -2.12. The summed E-state index contributed by atoms with van der Waals surface area (Å²) in [5, 5.41) is 6.48. The molecule has 1 aromatic heterocycles. The standard InChI is InChI=1S/C13H15N3O2/c1-7-4-5-10(14)9(3)12(7)15-13(17)11-6-8(2)18-16-11/h4-6H,14H2,1-3H3,(H,15,17). The summed E-state index contributed by atoms with van der Waals surface area (Å²) in [7, 11) is 0. The van der Waals surface area contributed by atoms with Crippen LogP contribution in [0.4, 0.5) is 11.4 Å². The lowest BCUT2D eigenvalue weighted by molar-refractivity contribution is 0.101. The summed E-state index contributed by atoms with van der Waals surface area (Å²) in [6, 6.07) is 5.28. The van der Waals surface area contributed by atoms with E-state index in [2.05, 4.69) is 10.5 Å². The van der Waals surface area contributed by atoms with Crippen LogP contribution in [-0.4, -0.2) is 11.1 Å². The van der Waals surface area contributed by atoms with Crippen LogP contribution in [0.15, 0.2) is 22.7 Å². The zero-order valence-corrected chi connectivity index (χ0v) is 10.6. The van der Waals surface area contributed by atoms with Gasteiger partial charge in [0.1, 0.15) is 5.76 Å². The minimum absolute atomic E-state index is 0.258. The van der Waals surface area contributed by atoms with Crippen LogP contribution in [0.25, 0.3) is 0 Å². The molecule has 0 aliphatic heterocycles. The zero-order chi connectivity index (χ0) is 13.3. The first kappa shape index (κ1) is 12.2. The molecule has 5 nitrogen and oxygen atoms in total. The first-order valence-electron chi connectivity index (χ1n) is 5.59. The van der Waals surface area contributed by atoms with E-state index in [9.17, 15) is 4.79 Å². The van der Waals surface area contributed by atoms with Crippen molar-refractivity contribution >= 4 is 17.3 Å². The quantitative estimate of drug-likeness (QED) is 0.796. The number of aromatic nitrogens is 1. The Hall–Kier alpha value is -2.30. The summed E-state index contributed by atoms with van der Waals surface area (Å²) in [5.74, 6) is 0.296. The number of rotatable bonds is 2. The van der Waals surface area contributed by atoms with E-state index in [-0.39, 0.29) is 11.6 Å². The zero-order valence-electron chi connectivity index (χ0n) is 10.6. The molecule has 0 aliphatic carbocycles. The van der Waals surface area contributed by atoms with Gasteiger partial charge in [-0.25, -0.2) is 0 Å². The smallest absolute Gasteiger partial charge is 0.277 e. The van der Waals surface area contributed by atoms with Gasteiger partial charge >= 0.3 is 0 Å². The molecule has 0 spiro atoms. The summed E-state index contributed by atoms with van der Waals surface area (Å²) in [5.41, 5.74) is 9.25. The molecule has 5 heteroatoms. The van der Waals surface area contributed by atoms with E-state index in [4.69, 9.17) is 10.3 Å². The van der Waals surface area contributed by atoms with Gasteiger partial charge in [0, 0.05) is 17.4 Å². The number of nitrogen functional groups attached to an aromatic ring is 1. The lowest BCUT2D eigenvalue weighted by Crippen LogP contribution is -2.14. The molecule has 0 fully saturated rings. The molecule has 0 saturated heterocycles. The fourth-order valence-corrected chi connectivity index (χ4v) is 1.71. The highest BCUT2D eigenvalue weighted by molar-refractivity contribution is 6.04. The highest BCUT2D eigenvalue weighted by atomic mass is 16.5. The van der Waals surface area contributed by atoms with Crippen molar-refractivity contribution in [2.45, 2.75) is 20.8 Å². The van der Waals surface area contributed by atoms with Crippen molar-refractivity contribution in [3.8, 4) is 0 Å². The average molecular weight is 245 g/mol. The molecule has 1 amide bonds. The number of hydrogen-bond donors (Lipinski definition) is 2. The monoisotopic (exact) mass is 245 g/mol. The number of benzene rings is 1. The van der Waals surface area contributed by atoms with Gasteiger partial charge in [0.2, 0.25) is 0 Å². The number of nitrogens with zero attached hydrogens (tertiary/aromatic N) is 1. The van der Waals surface area contributed by atoms with Crippen LogP contribution < -0.4 is 11.1 Å². The fourth-order valence-electron chi connectivity index (χ4n) is 1.71. The average Bonchev–Trinajstić information content (AvgIpc) is 2.76. The third-order valence-corrected chi connectivity index (χ3v) is 2.81. The van der Waals surface area contributed by atoms with Gasteiger partial charge in [-0.15, -0.1) is 0 Å². The summed E-state index contributed by atoms with van der Waals surface area (Å²) in [6.45, 7) is 5.52. The normalized spacial score (nSPS) is 10.4. The Balaban J connectivity index is 2.30. The molecule has 2 rings (SSSR count). The molecule has 1 aromatic carbocycles. The van der Waals surface area contributed by atoms with Crippen LogP contribution in [-0.2, 0) is 0 Å². The maximum Gasteiger partial charge on any atom is 0.277 e. The minimum atomic E-state index is -0.302. The van der Waals surface area contributed by atoms with Crippen molar-refractivity contribution in [3.63, 3.8) is 0 Å². The maximum atomic E-state index is 12.0. The van der Waals surface area contributed by atoms with E-state index >= 15 is 0 Å². The van der Waals surface area contributed by atoms with Gasteiger partial charge in [-0.3, -0.25) is 4.79 Å². The Kier molecular flexibility index (Phi) is 3.06. The molecule has 0 atom stereocenters. The third-order valence-electron chi connectivity index (χ3n) is 2.81. The van der Waals surface area contributed by atoms with Crippen LogP contribution >= 0.6 is 0 Å². The Morgan fingerprint density at radius 3 is 2.67 bits per heavy atom. The number of nitrogens with two attached hydrogens (primary N) is 1. The van der Waals surface area contributed by atoms with E-state index < -0.39 is 0 Å². The Labute approximate surface area is 105 Å². The van der Waals surface area contributed by atoms with Crippen LogP contribution in [0.3, 0.4) is 0 Å².